The average molecular weight is 333 g/mol. The number of carbonyl (C=O) groups excluding carboxylic acids is 1. The van der Waals surface area contributed by atoms with Crippen molar-refractivity contribution >= 4 is 29.7 Å². The first-order chi connectivity index (χ1) is 10.6. The molecule has 1 aliphatic rings. The molecule has 0 spiro atoms. The van der Waals surface area contributed by atoms with Gasteiger partial charge in [0.05, 0.1) is 6.10 Å². The van der Waals surface area contributed by atoms with Gasteiger partial charge in [-0.15, -0.1) is 12.4 Å². The number of carbonyl (C=O) groups is 1. The van der Waals surface area contributed by atoms with Gasteiger partial charge in [0.1, 0.15) is 5.75 Å². The van der Waals surface area contributed by atoms with Crippen LogP contribution in [0, 0.1) is 0 Å². The van der Waals surface area contributed by atoms with Crippen molar-refractivity contribution in [3.63, 3.8) is 0 Å². The summed E-state index contributed by atoms with van der Waals surface area (Å²) < 4.78 is 5.59. The lowest BCUT2D eigenvalue weighted by Crippen LogP contribution is -2.12. The Morgan fingerprint density at radius 3 is 2.61 bits per heavy atom. The van der Waals surface area contributed by atoms with Crippen molar-refractivity contribution < 1.29 is 9.53 Å². The summed E-state index contributed by atoms with van der Waals surface area (Å²) in [6.07, 6.45) is 1.11. The number of fused-ring (bicyclic) bond motifs is 1. The summed E-state index contributed by atoms with van der Waals surface area (Å²) in [5.41, 5.74) is 3.78. The predicted molar refractivity (Wildman–Crippen MR) is 96.0 cm³/mol. The molecule has 1 heterocycles. The summed E-state index contributed by atoms with van der Waals surface area (Å²) in [6, 6.07) is 13.2. The van der Waals surface area contributed by atoms with Gasteiger partial charge >= 0.3 is 0 Å². The molecule has 0 radical (unpaired) electrons. The van der Waals surface area contributed by atoms with Crippen LogP contribution in [0.4, 0.5) is 11.4 Å². The van der Waals surface area contributed by atoms with Crippen LogP contribution in [0.2, 0.25) is 0 Å². The number of hydrogen-bond acceptors (Lipinski definition) is 3. The van der Waals surface area contributed by atoms with Gasteiger partial charge in [-0.05, 0) is 68.3 Å². The van der Waals surface area contributed by atoms with Gasteiger partial charge in [0.2, 0.25) is 0 Å². The maximum Gasteiger partial charge on any atom is 0.255 e. The van der Waals surface area contributed by atoms with Crippen LogP contribution in [0.3, 0.4) is 0 Å². The van der Waals surface area contributed by atoms with Gasteiger partial charge in [-0.2, -0.15) is 0 Å². The van der Waals surface area contributed by atoms with E-state index in [1.165, 1.54) is 5.56 Å². The Hall–Kier alpha value is -2.20. The van der Waals surface area contributed by atoms with Gasteiger partial charge in [-0.25, -0.2) is 0 Å². The fourth-order valence-electron chi connectivity index (χ4n) is 2.54. The van der Waals surface area contributed by atoms with Gasteiger partial charge in [-0.3, -0.25) is 4.79 Å². The summed E-state index contributed by atoms with van der Waals surface area (Å²) in [5, 5.41) is 6.21. The van der Waals surface area contributed by atoms with E-state index < -0.39 is 0 Å². The van der Waals surface area contributed by atoms with Gasteiger partial charge in [-0.1, -0.05) is 0 Å². The maximum atomic E-state index is 12.3. The maximum absolute atomic E-state index is 12.3. The highest BCUT2D eigenvalue weighted by Crippen LogP contribution is 2.24. The second-order valence-electron chi connectivity index (χ2n) is 5.69. The summed E-state index contributed by atoms with van der Waals surface area (Å²) in [6.45, 7) is 4.91. The van der Waals surface area contributed by atoms with E-state index in [0.717, 1.165) is 30.1 Å². The van der Waals surface area contributed by atoms with Crippen LogP contribution >= 0.6 is 12.4 Å². The minimum atomic E-state index is -0.0905. The molecular formula is C18H21ClN2O2. The quantitative estimate of drug-likeness (QED) is 0.885. The topological polar surface area (TPSA) is 50.4 Å². The number of halogens is 1. The first-order valence-electron chi connectivity index (χ1n) is 7.57. The molecule has 23 heavy (non-hydrogen) atoms. The number of nitrogens with one attached hydrogen (secondary N) is 2. The van der Waals surface area contributed by atoms with Crippen LogP contribution in [-0.4, -0.2) is 18.6 Å². The highest BCUT2D eigenvalue weighted by atomic mass is 35.5. The van der Waals surface area contributed by atoms with Crippen molar-refractivity contribution in [3.05, 3.63) is 53.6 Å². The lowest BCUT2D eigenvalue weighted by molar-refractivity contribution is 0.102. The molecule has 0 saturated carbocycles. The number of rotatable bonds is 4. The lowest BCUT2D eigenvalue weighted by atomic mass is 10.1. The Kier molecular flexibility index (Phi) is 5.50. The van der Waals surface area contributed by atoms with E-state index in [2.05, 4.69) is 10.6 Å². The molecule has 0 bridgehead atoms. The third-order valence-electron chi connectivity index (χ3n) is 3.56. The Bertz CT molecular complexity index is 684. The molecule has 0 atom stereocenters. The Balaban J connectivity index is 0.00000192. The lowest BCUT2D eigenvalue weighted by Gasteiger charge is -2.11. The Morgan fingerprint density at radius 1 is 1.17 bits per heavy atom. The molecule has 1 amide bonds. The second-order valence-corrected chi connectivity index (χ2v) is 5.69. The summed E-state index contributed by atoms with van der Waals surface area (Å²) in [5.74, 6) is 0.712. The largest absolute Gasteiger partial charge is 0.491 e. The monoisotopic (exact) mass is 332 g/mol. The van der Waals surface area contributed by atoms with Crippen LogP contribution in [0.15, 0.2) is 42.5 Å². The highest BCUT2D eigenvalue weighted by molar-refractivity contribution is 6.04. The third kappa shape index (κ3) is 4.17. The second kappa shape index (κ2) is 7.38. The van der Waals surface area contributed by atoms with Crippen molar-refractivity contribution in [2.75, 3.05) is 17.2 Å². The molecule has 4 nitrogen and oxygen atoms in total. The number of ether oxygens (including phenoxy) is 1. The van der Waals surface area contributed by atoms with Gasteiger partial charge in [0.25, 0.3) is 5.91 Å². The summed E-state index contributed by atoms with van der Waals surface area (Å²) in [7, 11) is 0. The van der Waals surface area contributed by atoms with E-state index in [4.69, 9.17) is 4.74 Å². The fourth-order valence-corrected chi connectivity index (χ4v) is 2.54. The van der Waals surface area contributed by atoms with Crippen LogP contribution in [0.1, 0.15) is 29.8 Å². The molecule has 122 valence electrons. The van der Waals surface area contributed by atoms with Crippen LogP contribution in [-0.2, 0) is 6.42 Å². The first-order valence-corrected chi connectivity index (χ1v) is 7.57. The number of anilines is 2. The molecule has 2 N–H and O–H groups in total. The van der Waals surface area contributed by atoms with Crippen molar-refractivity contribution in [1.82, 2.24) is 0 Å². The summed E-state index contributed by atoms with van der Waals surface area (Å²) in [4.78, 5) is 12.3. The highest BCUT2D eigenvalue weighted by Gasteiger charge is 2.13. The van der Waals surface area contributed by atoms with Gasteiger partial charge in [0.15, 0.2) is 0 Å². The molecule has 0 aliphatic carbocycles. The van der Waals surface area contributed by atoms with E-state index in [9.17, 15) is 4.79 Å². The Morgan fingerprint density at radius 2 is 1.91 bits per heavy atom. The smallest absolute Gasteiger partial charge is 0.255 e. The Labute approximate surface area is 142 Å². The summed E-state index contributed by atoms with van der Waals surface area (Å²) >= 11 is 0. The van der Waals surface area contributed by atoms with Crippen molar-refractivity contribution in [2.45, 2.75) is 26.4 Å². The molecule has 5 heteroatoms. The van der Waals surface area contributed by atoms with E-state index in [-0.39, 0.29) is 24.4 Å². The first kappa shape index (κ1) is 17.2. The minimum absolute atomic E-state index is 0. The molecule has 3 rings (SSSR count). The molecule has 0 aromatic heterocycles. The van der Waals surface area contributed by atoms with Crippen LogP contribution in [0.5, 0.6) is 5.75 Å². The zero-order chi connectivity index (χ0) is 15.5. The standard InChI is InChI=1S/C18H20N2O2.ClH/c1-12(2)22-16-6-4-15(5-7-16)20-18(21)14-3-8-17-13(11-14)9-10-19-17;/h3-8,11-12,19H,9-10H2,1-2H3,(H,20,21);1H. The number of hydrogen-bond donors (Lipinski definition) is 2. The average Bonchev–Trinajstić information content (AvgIpc) is 2.96. The molecule has 0 fully saturated rings. The molecule has 0 unspecified atom stereocenters. The van der Waals surface area contributed by atoms with Crippen LogP contribution in [0.25, 0.3) is 0 Å². The molecule has 2 aromatic carbocycles. The van der Waals surface area contributed by atoms with Gasteiger partial charge in [0, 0.05) is 23.5 Å². The zero-order valence-corrected chi connectivity index (χ0v) is 14.1. The van der Waals surface area contributed by atoms with E-state index in [1.54, 1.807) is 0 Å². The van der Waals surface area contributed by atoms with Crippen molar-refractivity contribution in [1.29, 1.82) is 0 Å². The molecule has 1 aliphatic heterocycles. The fraction of sp³-hybridized carbons (Fsp3) is 0.278. The van der Waals surface area contributed by atoms with Crippen molar-refractivity contribution in [2.24, 2.45) is 0 Å². The van der Waals surface area contributed by atoms with Crippen molar-refractivity contribution in [3.8, 4) is 5.75 Å². The van der Waals surface area contributed by atoms with E-state index >= 15 is 0 Å². The SMILES string of the molecule is CC(C)Oc1ccc(NC(=O)c2ccc3c(c2)CCN3)cc1.Cl. The van der Waals surface area contributed by atoms with Crippen LogP contribution < -0.4 is 15.4 Å². The molecule has 2 aromatic rings. The predicted octanol–water partition coefficient (Wildman–Crippen LogP) is 4.12. The van der Waals surface area contributed by atoms with E-state index in [1.807, 2.05) is 56.3 Å². The number of benzene rings is 2. The molecular weight excluding hydrogens is 312 g/mol. The zero-order valence-electron chi connectivity index (χ0n) is 13.3. The molecule has 0 saturated heterocycles. The normalized spacial score (nSPS) is 12.1. The number of amides is 1. The van der Waals surface area contributed by atoms with E-state index in [0.29, 0.717) is 5.56 Å². The van der Waals surface area contributed by atoms with Gasteiger partial charge < -0.3 is 15.4 Å². The minimum Gasteiger partial charge on any atom is -0.491 e. The third-order valence-corrected chi connectivity index (χ3v) is 3.56.